The Morgan fingerprint density at radius 2 is 1.82 bits per heavy atom. The van der Waals surface area contributed by atoms with Crippen LogP contribution in [0.3, 0.4) is 0 Å². The molecule has 0 aromatic heterocycles. The van der Waals surface area contributed by atoms with Gasteiger partial charge in [-0.15, -0.1) is 0 Å². The van der Waals surface area contributed by atoms with E-state index >= 15 is 0 Å². The van der Waals surface area contributed by atoms with Crippen LogP contribution in [0.25, 0.3) is 0 Å². The van der Waals surface area contributed by atoms with Crippen LogP contribution in [0.5, 0.6) is 0 Å². The minimum absolute atomic E-state index is 1.26. The van der Waals surface area contributed by atoms with Gasteiger partial charge in [-0.3, -0.25) is 0 Å². The molecule has 0 saturated heterocycles. The van der Waals surface area contributed by atoms with Gasteiger partial charge in [0.15, 0.2) is 0 Å². The summed E-state index contributed by atoms with van der Waals surface area (Å²) in [6, 6.07) is 11.2. The molecule has 1 aromatic rings. The Labute approximate surface area is 114 Å². The number of hydrogen-bond acceptors (Lipinski definition) is 1. The maximum atomic E-state index is 2.35. The van der Waals surface area contributed by atoms with Gasteiger partial charge >= 0.3 is 114 Å². The Balaban J connectivity index is 2.49. The number of nitrogens with zero attached hydrogens (tertiary/aromatic N) is 1. The van der Waals surface area contributed by atoms with Crippen molar-refractivity contribution in [3.05, 3.63) is 42.6 Å². The van der Waals surface area contributed by atoms with Crippen molar-refractivity contribution in [3.8, 4) is 0 Å². The molecule has 1 nitrogen and oxygen atoms in total. The van der Waals surface area contributed by atoms with Crippen molar-refractivity contribution in [2.75, 3.05) is 14.1 Å². The second-order valence-corrected chi connectivity index (χ2v) is 14.0. The molecular weight excluding hydrogens is 309 g/mol. The van der Waals surface area contributed by atoms with Crippen LogP contribution in [0.1, 0.15) is 19.8 Å². The fraction of sp³-hybridized carbons (Fsp3) is 0.467. The number of rotatable bonds is 7. The van der Waals surface area contributed by atoms with Crippen LogP contribution < -0.4 is 3.32 Å². The molecule has 92 valence electrons. The molecule has 0 radical (unpaired) electrons. The molecule has 0 N–H and O–H groups in total. The predicted octanol–water partition coefficient (Wildman–Crippen LogP) is 3.26. The number of hydrogen-bond donors (Lipinski definition) is 0. The van der Waals surface area contributed by atoms with Crippen molar-refractivity contribution in [3.63, 3.8) is 0 Å². The van der Waals surface area contributed by atoms with E-state index in [9.17, 15) is 0 Å². The molecule has 0 atom stereocenters. The van der Waals surface area contributed by atoms with Gasteiger partial charge in [-0.1, -0.05) is 0 Å². The molecule has 0 saturated carbocycles. The zero-order valence-electron chi connectivity index (χ0n) is 11.4. The molecule has 0 spiro atoms. The number of benzene rings is 1. The average molecular weight is 333 g/mol. The topological polar surface area (TPSA) is 3.24 Å². The summed E-state index contributed by atoms with van der Waals surface area (Å²) in [5.74, 6) is 0. The van der Waals surface area contributed by atoms with E-state index < -0.39 is 21.4 Å². The summed E-state index contributed by atoms with van der Waals surface area (Å²) >= 11 is -1.46. The van der Waals surface area contributed by atoms with E-state index in [-0.39, 0.29) is 0 Å². The third-order valence-corrected chi connectivity index (χ3v) is 13.4. The van der Waals surface area contributed by atoms with Gasteiger partial charge in [0.05, 0.1) is 0 Å². The maximum absolute atomic E-state index is 2.35. The average Bonchev–Trinajstić information content (AvgIpc) is 2.34. The summed E-state index contributed by atoms with van der Waals surface area (Å²) in [7, 11) is 4.17. The van der Waals surface area contributed by atoms with Gasteiger partial charge in [0.2, 0.25) is 0 Å². The quantitative estimate of drug-likeness (QED) is 0.740. The fourth-order valence-electron chi connectivity index (χ4n) is 2.13. The van der Waals surface area contributed by atoms with Crippen molar-refractivity contribution in [2.45, 2.75) is 28.1 Å². The first-order valence-corrected chi connectivity index (χ1v) is 12.9. The zero-order chi connectivity index (χ0) is 12.5. The summed E-state index contributed by atoms with van der Waals surface area (Å²) < 4.78 is 4.67. The van der Waals surface area contributed by atoms with Crippen molar-refractivity contribution in [1.82, 2.24) is 4.90 Å². The Morgan fingerprint density at radius 3 is 2.41 bits per heavy atom. The van der Waals surface area contributed by atoms with Crippen molar-refractivity contribution < 1.29 is 0 Å². The summed E-state index contributed by atoms with van der Waals surface area (Å²) in [5.41, 5.74) is 0. The van der Waals surface area contributed by atoms with Crippen LogP contribution in [-0.2, 0) is 0 Å². The molecule has 2 heteroatoms. The van der Waals surface area contributed by atoms with E-state index in [2.05, 4.69) is 68.5 Å². The van der Waals surface area contributed by atoms with Crippen molar-refractivity contribution >= 4 is 24.8 Å². The standard InChI is InChI=1S/C6H12N.C6H5.C3H7.In/c1-4-5-6-7(2)3;1-2-4-6-5-3-1;1-3-2;/h5-6H,1,4H2,2-3H3;1-5H;1,3H2,2H3;. The third-order valence-electron chi connectivity index (χ3n) is 2.99. The van der Waals surface area contributed by atoms with Gasteiger partial charge < -0.3 is 0 Å². The molecule has 0 unspecified atom stereocenters. The van der Waals surface area contributed by atoms with Crippen LogP contribution in [-0.4, -0.2) is 40.4 Å². The molecule has 1 rings (SSSR count). The molecule has 17 heavy (non-hydrogen) atoms. The van der Waals surface area contributed by atoms with Gasteiger partial charge in [-0.25, -0.2) is 0 Å². The summed E-state index contributed by atoms with van der Waals surface area (Å²) in [5, 5.41) is 0. The van der Waals surface area contributed by atoms with E-state index in [0.717, 1.165) is 0 Å². The predicted molar refractivity (Wildman–Crippen MR) is 79.2 cm³/mol. The molecule has 0 heterocycles. The second kappa shape index (κ2) is 8.68. The molecule has 0 aliphatic heterocycles. The molecule has 0 aliphatic rings. The van der Waals surface area contributed by atoms with Gasteiger partial charge in [0.1, 0.15) is 0 Å². The monoisotopic (exact) mass is 333 g/mol. The molecule has 0 aliphatic carbocycles. The van der Waals surface area contributed by atoms with Gasteiger partial charge in [0.25, 0.3) is 0 Å². The number of allylic oxidation sites excluding steroid dienone is 1. The van der Waals surface area contributed by atoms with Crippen LogP contribution in [0.15, 0.2) is 42.6 Å². The van der Waals surface area contributed by atoms with E-state index in [1.807, 2.05) is 0 Å². The van der Waals surface area contributed by atoms with Gasteiger partial charge in [-0.2, -0.15) is 0 Å². The molecule has 0 bridgehead atoms. The zero-order valence-corrected chi connectivity index (χ0v) is 14.7. The van der Waals surface area contributed by atoms with Crippen LogP contribution >= 0.6 is 0 Å². The fourth-order valence-corrected chi connectivity index (χ4v) is 10.7. The second-order valence-electron chi connectivity index (χ2n) is 4.82. The van der Waals surface area contributed by atoms with Gasteiger partial charge in [0, 0.05) is 0 Å². The van der Waals surface area contributed by atoms with Crippen LogP contribution in [0.4, 0.5) is 0 Å². The third kappa shape index (κ3) is 6.21. The summed E-state index contributed by atoms with van der Waals surface area (Å²) in [4.78, 5) is 2.12. The van der Waals surface area contributed by atoms with Crippen LogP contribution in [0, 0.1) is 0 Å². The first-order valence-electron chi connectivity index (χ1n) is 6.62. The first kappa shape index (κ1) is 14.7. The van der Waals surface area contributed by atoms with E-state index in [0.29, 0.717) is 0 Å². The summed E-state index contributed by atoms with van der Waals surface area (Å²) in [6.45, 7) is 2.32. The molecule has 0 amide bonds. The van der Waals surface area contributed by atoms with Crippen molar-refractivity contribution in [1.29, 1.82) is 0 Å². The Kier molecular flexibility index (Phi) is 7.50. The van der Waals surface area contributed by atoms with Crippen LogP contribution in [0.2, 0.25) is 8.35 Å². The Morgan fingerprint density at radius 1 is 1.12 bits per heavy atom. The first-order chi connectivity index (χ1) is 8.24. The molecule has 1 aromatic carbocycles. The van der Waals surface area contributed by atoms with Gasteiger partial charge in [-0.05, 0) is 0 Å². The molecule has 0 fully saturated rings. The van der Waals surface area contributed by atoms with Crippen molar-refractivity contribution in [2.24, 2.45) is 0 Å². The normalized spacial score (nSPS) is 10.8. The van der Waals surface area contributed by atoms with E-state index in [1.165, 1.54) is 21.2 Å². The SMILES string of the molecule is CC[CH2][In]([CH2]CC=CN(C)C)[c]1ccccc1. The van der Waals surface area contributed by atoms with E-state index in [4.69, 9.17) is 0 Å². The summed E-state index contributed by atoms with van der Waals surface area (Å²) in [6.07, 6.45) is 7.11. The van der Waals surface area contributed by atoms with E-state index in [1.54, 1.807) is 3.32 Å². The Hall–Kier alpha value is -0.370. The molecular formula is C15H24InN. The Bertz CT molecular complexity index is 319. The minimum atomic E-state index is -1.46.